The third kappa shape index (κ3) is 6.58. The number of anilines is 3. The smallest absolute Gasteiger partial charge is 0.270 e. The fraction of sp³-hybridized carbons (Fsp3) is 0.300. The fourth-order valence-electron chi connectivity index (χ4n) is 4.55. The summed E-state index contributed by atoms with van der Waals surface area (Å²) < 4.78 is 20.1. The monoisotopic (exact) mass is 541 g/mol. The number of pyridine rings is 1. The van der Waals surface area contributed by atoms with Crippen LogP contribution in [0.4, 0.5) is 27.5 Å². The lowest BCUT2D eigenvalue weighted by molar-refractivity contribution is 0.0379. The zero-order chi connectivity index (χ0) is 27.9. The number of aromatic nitrogens is 3. The number of ether oxygens (including phenoxy) is 1. The molecule has 1 fully saturated rings. The highest BCUT2D eigenvalue weighted by Crippen LogP contribution is 2.27. The Hall–Kier alpha value is -4.44. The molecule has 1 unspecified atom stereocenters. The van der Waals surface area contributed by atoms with E-state index in [0.717, 1.165) is 52.9 Å². The minimum atomic E-state index is -0.484. The van der Waals surface area contributed by atoms with E-state index in [1.165, 1.54) is 0 Å². The van der Waals surface area contributed by atoms with E-state index in [-0.39, 0.29) is 30.2 Å². The summed E-state index contributed by atoms with van der Waals surface area (Å²) in [7, 11) is 0. The Balaban J connectivity index is 1.24. The van der Waals surface area contributed by atoms with Crippen LogP contribution in [0, 0.1) is 5.82 Å². The molecule has 40 heavy (non-hydrogen) atoms. The first-order chi connectivity index (χ1) is 19.5. The number of phenolic OH excluding ortho intramolecular Hbond substituents is 1. The first kappa shape index (κ1) is 27.1. The Morgan fingerprint density at radius 3 is 2.70 bits per heavy atom. The molecule has 0 radical (unpaired) electrons. The molecule has 9 nitrogen and oxygen atoms in total. The van der Waals surface area contributed by atoms with Crippen LogP contribution in [0.2, 0.25) is 0 Å². The van der Waals surface area contributed by atoms with Crippen LogP contribution < -0.4 is 10.2 Å². The number of morpholine rings is 1. The van der Waals surface area contributed by atoms with Gasteiger partial charge < -0.3 is 20.1 Å². The number of nitrogens with one attached hydrogen (secondary N) is 1. The maximum absolute atomic E-state index is 14.5. The van der Waals surface area contributed by atoms with E-state index in [2.05, 4.69) is 25.5 Å². The van der Waals surface area contributed by atoms with Crippen molar-refractivity contribution in [1.29, 1.82) is 0 Å². The Bertz CT molecular complexity index is 1480. The molecule has 2 aromatic carbocycles. The van der Waals surface area contributed by atoms with E-state index in [9.17, 15) is 9.50 Å². The minimum Gasteiger partial charge on any atom is -0.508 e. The van der Waals surface area contributed by atoms with E-state index < -0.39 is 5.82 Å². The first-order valence-corrected chi connectivity index (χ1v) is 13.4. The molecular formula is C30H32FN7O2. The molecule has 0 spiro atoms. The highest BCUT2D eigenvalue weighted by molar-refractivity contribution is 5.69. The van der Waals surface area contributed by atoms with E-state index in [0.29, 0.717) is 19.7 Å². The van der Waals surface area contributed by atoms with Gasteiger partial charge in [0, 0.05) is 18.8 Å². The Morgan fingerprint density at radius 2 is 1.93 bits per heavy atom. The van der Waals surface area contributed by atoms with E-state index in [1.54, 1.807) is 12.1 Å². The van der Waals surface area contributed by atoms with Gasteiger partial charge in [-0.3, -0.25) is 4.98 Å². The second-order valence-electron chi connectivity index (χ2n) is 9.49. The van der Waals surface area contributed by atoms with E-state index in [1.807, 2.05) is 67.3 Å². The van der Waals surface area contributed by atoms with Gasteiger partial charge in [0.2, 0.25) is 0 Å². The largest absolute Gasteiger partial charge is 0.508 e. The van der Waals surface area contributed by atoms with E-state index in [4.69, 9.17) is 9.72 Å². The van der Waals surface area contributed by atoms with Crippen LogP contribution in [0.1, 0.15) is 31.7 Å². The Kier molecular flexibility index (Phi) is 8.56. The lowest BCUT2D eigenvalue weighted by Crippen LogP contribution is -2.43. The Morgan fingerprint density at radius 1 is 1.07 bits per heavy atom. The molecule has 1 atom stereocenters. The van der Waals surface area contributed by atoms with Gasteiger partial charge in [-0.05, 0) is 60.4 Å². The van der Waals surface area contributed by atoms with Crippen LogP contribution in [0.15, 0.2) is 77.1 Å². The summed E-state index contributed by atoms with van der Waals surface area (Å²) in [5.74, 6) is 0.0923. The molecule has 4 aromatic rings. The third-order valence-electron chi connectivity index (χ3n) is 6.71. The summed E-state index contributed by atoms with van der Waals surface area (Å²) in [6.45, 7) is 6.00. The van der Waals surface area contributed by atoms with Crippen molar-refractivity contribution >= 4 is 23.1 Å². The number of hydrogen-bond acceptors (Lipinski definition) is 9. The van der Waals surface area contributed by atoms with Crippen molar-refractivity contribution < 1.29 is 14.2 Å². The topological polar surface area (TPSA) is 108 Å². The average molecular weight is 542 g/mol. The molecule has 2 N–H and O–H groups in total. The molecule has 3 heterocycles. The number of benzene rings is 2. The number of azo groups is 1. The third-order valence-corrected chi connectivity index (χ3v) is 6.71. The van der Waals surface area contributed by atoms with Crippen molar-refractivity contribution in [2.24, 2.45) is 10.2 Å². The normalized spacial score (nSPS) is 15.5. The summed E-state index contributed by atoms with van der Waals surface area (Å²) >= 11 is 0. The second kappa shape index (κ2) is 12.6. The summed E-state index contributed by atoms with van der Waals surface area (Å²) in [5.41, 5.74) is 5.48. The van der Waals surface area contributed by atoms with Gasteiger partial charge in [-0.25, -0.2) is 9.37 Å². The minimum absolute atomic E-state index is 0.0496. The van der Waals surface area contributed by atoms with Crippen molar-refractivity contribution in [2.45, 2.75) is 39.3 Å². The molecule has 2 aromatic heterocycles. The van der Waals surface area contributed by atoms with Crippen LogP contribution in [0.3, 0.4) is 0 Å². The summed E-state index contributed by atoms with van der Waals surface area (Å²) in [4.78, 5) is 14.9. The highest BCUT2D eigenvalue weighted by Gasteiger charge is 2.23. The van der Waals surface area contributed by atoms with Gasteiger partial charge >= 0.3 is 0 Å². The predicted molar refractivity (Wildman–Crippen MR) is 153 cm³/mol. The number of rotatable bonds is 9. The average Bonchev–Trinajstić information content (AvgIpc) is 2.99. The molecule has 0 aliphatic carbocycles. The SMILES string of the molecule is CCc1nc(CN=Nc2ncc(F)c(N3CCOC(CC)C3)n2)ccc1Nc1ccc(-c2cccc(O)c2)cc1. The molecule has 10 heteroatoms. The quantitative estimate of drug-likeness (QED) is 0.230. The molecule has 1 saturated heterocycles. The molecule has 1 aliphatic rings. The van der Waals surface area contributed by atoms with Crippen molar-refractivity contribution in [1.82, 2.24) is 15.0 Å². The van der Waals surface area contributed by atoms with Crippen molar-refractivity contribution in [3.8, 4) is 16.9 Å². The molecule has 5 rings (SSSR count). The summed E-state index contributed by atoms with van der Waals surface area (Å²) in [5, 5.41) is 21.5. The number of aromatic hydroxyl groups is 1. The number of halogens is 1. The number of hydrogen-bond donors (Lipinski definition) is 2. The van der Waals surface area contributed by atoms with Gasteiger partial charge in [-0.2, -0.15) is 10.1 Å². The van der Waals surface area contributed by atoms with Gasteiger partial charge in [-0.15, -0.1) is 5.11 Å². The fourth-order valence-corrected chi connectivity index (χ4v) is 4.55. The molecule has 0 amide bonds. The van der Waals surface area contributed by atoms with Gasteiger partial charge in [0.25, 0.3) is 5.95 Å². The number of phenols is 1. The maximum Gasteiger partial charge on any atom is 0.270 e. The van der Waals surface area contributed by atoms with E-state index >= 15 is 0 Å². The standard InChI is InChI=1S/C30H32FN7O2/c1-3-25-19-38(14-15-40-25)29-26(31)18-32-30(36-29)37-33-17-23-12-13-28(27(4-2)35-23)34-22-10-8-20(9-11-22)21-6-5-7-24(39)16-21/h5-13,16,18,25,34,39H,3-4,14-15,17,19H2,1-2H3. The lowest BCUT2D eigenvalue weighted by Gasteiger charge is -2.33. The van der Waals surface area contributed by atoms with Crippen LogP contribution >= 0.6 is 0 Å². The van der Waals surface area contributed by atoms with Gasteiger partial charge in [-0.1, -0.05) is 38.1 Å². The van der Waals surface area contributed by atoms with Crippen LogP contribution in [0.5, 0.6) is 5.75 Å². The molecule has 0 bridgehead atoms. The van der Waals surface area contributed by atoms with Crippen LogP contribution in [-0.4, -0.2) is 45.9 Å². The molecule has 1 aliphatic heterocycles. The maximum atomic E-state index is 14.5. The molecular weight excluding hydrogens is 509 g/mol. The zero-order valence-corrected chi connectivity index (χ0v) is 22.6. The highest BCUT2D eigenvalue weighted by atomic mass is 19.1. The Labute approximate surface area is 232 Å². The number of aryl methyl sites for hydroxylation is 1. The molecule has 0 saturated carbocycles. The molecule has 206 valence electrons. The summed E-state index contributed by atoms with van der Waals surface area (Å²) in [6, 6.07) is 19.1. The number of nitrogens with zero attached hydrogens (tertiary/aromatic N) is 6. The van der Waals surface area contributed by atoms with Crippen molar-refractivity contribution in [3.63, 3.8) is 0 Å². The van der Waals surface area contributed by atoms with Crippen molar-refractivity contribution in [3.05, 3.63) is 84.1 Å². The van der Waals surface area contributed by atoms with Crippen molar-refractivity contribution in [2.75, 3.05) is 29.9 Å². The predicted octanol–water partition coefficient (Wildman–Crippen LogP) is 6.59. The van der Waals surface area contributed by atoms with Crippen LogP contribution in [-0.2, 0) is 17.7 Å². The first-order valence-electron chi connectivity index (χ1n) is 13.4. The zero-order valence-electron chi connectivity index (χ0n) is 22.6. The van der Waals surface area contributed by atoms with Gasteiger partial charge in [0.15, 0.2) is 11.6 Å². The van der Waals surface area contributed by atoms with Gasteiger partial charge in [0.1, 0.15) is 12.3 Å². The van der Waals surface area contributed by atoms with Crippen LogP contribution in [0.25, 0.3) is 11.1 Å². The van der Waals surface area contributed by atoms with Gasteiger partial charge in [0.05, 0.1) is 36.0 Å². The summed E-state index contributed by atoms with van der Waals surface area (Å²) in [6.07, 6.45) is 2.77. The second-order valence-corrected chi connectivity index (χ2v) is 9.49. The lowest BCUT2D eigenvalue weighted by atomic mass is 10.1.